The van der Waals surface area contributed by atoms with E-state index in [1.165, 1.54) is 0 Å². The summed E-state index contributed by atoms with van der Waals surface area (Å²) < 4.78 is 4.52. The maximum atomic E-state index is 11.2. The zero-order chi connectivity index (χ0) is 11.6. The predicted molar refractivity (Wildman–Crippen MR) is 45.4 cm³/mol. The van der Waals surface area contributed by atoms with Gasteiger partial charge in [0.15, 0.2) is 12.2 Å². The van der Waals surface area contributed by atoms with Crippen LogP contribution in [0.1, 0.15) is 6.92 Å². The minimum Gasteiger partial charge on any atom is -0.465 e. The molecule has 1 saturated heterocycles. The fraction of sp³-hybridized carbons (Fsp3) is 0.625. The number of carbonyl (C=O) groups excluding carboxylic acids is 3. The topological polar surface area (TPSA) is 104 Å². The van der Waals surface area contributed by atoms with Crippen LogP contribution in [0, 0.1) is 0 Å². The molecule has 7 nitrogen and oxygen atoms in total. The summed E-state index contributed by atoms with van der Waals surface area (Å²) in [6.07, 6.45) is -3.57. The first-order valence-electron chi connectivity index (χ1n) is 4.36. The van der Waals surface area contributed by atoms with Crippen molar-refractivity contribution >= 4 is 17.8 Å². The smallest absolute Gasteiger partial charge is 0.326 e. The molecule has 1 aliphatic rings. The van der Waals surface area contributed by atoms with Crippen LogP contribution in [0.2, 0.25) is 0 Å². The van der Waals surface area contributed by atoms with Crippen LogP contribution in [-0.2, 0) is 19.1 Å². The molecule has 1 heterocycles. The second-order valence-electron chi connectivity index (χ2n) is 2.96. The molecule has 1 aliphatic heterocycles. The van der Waals surface area contributed by atoms with Gasteiger partial charge in [-0.3, -0.25) is 19.3 Å². The molecule has 0 unspecified atom stereocenters. The van der Waals surface area contributed by atoms with Crippen molar-refractivity contribution in [2.75, 3.05) is 13.2 Å². The second-order valence-corrected chi connectivity index (χ2v) is 2.96. The molecule has 2 amide bonds. The van der Waals surface area contributed by atoms with E-state index in [9.17, 15) is 14.4 Å². The van der Waals surface area contributed by atoms with E-state index in [1.807, 2.05) is 0 Å². The van der Waals surface area contributed by atoms with Crippen molar-refractivity contribution in [2.24, 2.45) is 0 Å². The van der Waals surface area contributed by atoms with E-state index in [4.69, 9.17) is 10.2 Å². The Hall–Kier alpha value is -1.47. The number of nitrogens with zero attached hydrogens (tertiary/aromatic N) is 1. The molecule has 0 aromatic carbocycles. The minimum absolute atomic E-state index is 0.125. The number of hydrogen-bond acceptors (Lipinski definition) is 6. The lowest BCUT2D eigenvalue weighted by atomic mass is 10.2. The first kappa shape index (κ1) is 11.6. The van der Waals surface area contributed by atoms with E-state index < -0.39 is 36.5 Å². The van der Waals surface area contributed by atoms with Crippen LogP contribution in [0.25, 0.3) is 0 Å². The Morgan fingerprint density at radius 3 is 2.20 bits per heavy atom. The Balaban J connectivity index is 2.67. The standard InChI is InChI=1S/C8H11NO6/c1-2-15-4(10)3-9-7(13)5(11)6(12)8(9)14/h5-6,11-12H,2-3H2,1H3/t5-,6+. The maximum absolute atomic E-state index is 11.2. The van der Waals surface area contributed by atoms with E-state index in [-0.39, 0.29) is 6.61 Å². The van der Waals surface area contributed by atoms with Crippen LogP contribution in [0.4, 0.5) is 0 Å². The molecule has 0 aliphatic carbocycles. The molecule has 0 spiro atoms. The molecule has 0 bridgehead atoms. The highest BCUT2D eigenvalue weighted by molar-refractivity contribution is 6.09. The third-order valence-electron chi connectivity index (χ3n) is 1.93. The van der Waals surface area contributed by atoms with Crippen LogP contribution >= 0.6 is 0 Å². The average molecular weight is 217 g/mol. The molecular weight excluding hydrogens is 206 g/mol. The summed E-state index contributed by atoms with van der Waals surface area (Å²) in [5.74, 6) is -2.73. The molecule has 2 atom stereocenters. The SMILES string of the molecule is CCOC(=O)CN1C(=O)[C@@H](O)[C@@H](O)C1=O. The van der Waals surface area contributed by atoms with Gasteiger partial charge in [-0.1, -0.05) is 0 Å². The Morgan fingerprint density at radius 1 is 1.33 bits per heavy atom. The highest BCUT2D eigenvalue weighted by atomic mass is 16.5. The number of aliphatic hydroxyl groups is 2. The first-order valence-corrected chi connectivity index (χ1v) is 4.36. The van der Waals surface area contributed by atoms with E-state index in [0.29, 0.717) is 4.90 Å². The van der Waals surface area contributed by atoms with Crippen molar-refractivity contribution in [1.29, 1.82) is 0 Å². The van der Waals surface area contributed by atoms with E-state index in [0.717, 1.165) is 0 Å². The Bertz CT molecular complexity index is 282. The van der Waals surface area contributed by atoms with Gasteiger partial charge in [0.2, 0.25) is 0 Å². The molecular formula is C8H11NO6. The number of hydrogen-bond donors (Lipinski definition) is 2. The number of amides is 2. The van der Waals surface area contributed by atoms with Crippen LogP contribution in [0.5, 0.6) is 0 Å². The summed E-state index contributed by atoms with van der Waals surface area (Å²) in [6.45, 7) is 1.12. The van der Waals surface area contributed by atoms with Gasteiger partial charge in [-0.25, -0.2) is 0 Å². The van der Waals surface area contributed by atoms with Gasteiger partial charge >= 0.3 is 5.97 Å². The summed E-state index contributed by atoms with van der Waals surface area (Å²) in [5.41, 5.74) is 0. The van der Waals surface area contributed by atoms with Crippen molar-refractivity contribution < 1.29 is 29.3 Å². The number of ether oxygens (including phenoxy) is 1. The summed E-state index contributed by atoms with van der Waals surface area (Å²) in [5, 5.41) is 18.1. The van der Waals surface area contributed by atoms with Gasteiger partial charge in [0.05, 0.1) is 6.61 Å². The van der Waals surface area contributed by atoms with Crippen molar-refractivity contribution in [3.8, 4) is 0 Å². The highest BCUT2D eigenvalue weighted by Crippen LogP contribution is 2.13. The molecule has 0 saturated carbocycles. The Morgan fingerprint density at radius 2 is 1.80 bits per heavy atom. The zero-order valence-corrected chi connectivity index (χ0v) is 8.04. The van der Waals surface area contributed by atoms with Crippen molar-refractivity contribution in [1.82, 2.24) is 4.90 Å². The molecule has 1 rings (SSSR count). The summed E-state index contributed by atoms with van der Waals surface area (Å²) in [4.78, 5) is 33.8. The fourth-order valence-corrected chi connectivity index (χ4v) is 1.19. The molecule has 84 valence electrons. The van der Waals surface area contributed by atoms with Gasteiger partial charge < -0.3 is 14.9 Å². The largest absolute Gasteiger partial charge is 0.465 e. The quantitative estimate of drug-likeness (QED) is 0.405. The second kappa shape index (κ2) is 4.37. The number of imide groups is 1. The van der Waals surface area contributed by atoms with Crippen LogP contribution in [-0.4, -0.2) is 58.3 Å². The van der Waals surface area contributed by atoms with Crippen LogP contribution in [0.3, 0.4) is 0 Å². The van der Waals surface area contributed by atoms with Gasteiger partial charge in [-0.05, 0) is 6.92 Å². The van der Waals surface area contributed by atoms with Gasteiger partial charge in [0.25, 0.3) is 11.8 Å². The maximum Gasteiger partial charge on any atom is 0.326 e. The number of carbonyl (C=O) groups is 3. The van der Waals surface area contributed by atoms with Crippen molar-refractivity contribution in [2.45, 2.75) is 19.1 Å². The molecule has 15 heavy (non-hydrogen) atoms. The third-order valence-corrected chi connectivity index (χ3v) is 1.93. The summed E-state index contributed by atoms with van der Waals surface area (Å²) in [7, 11) is 0. The van der Waals surface area contributed by atoms with Gasteiger partial charge in [-0.15, -0.1) is 0 Å². The van der Waals surface area contributed by atoms with E-state index in [2.05, 4.69) is 4.74 Å². The monoisotopic (exact) mass is 217 g/mol. The minimum atomic E-state index is -1.79. The van der Waals surface area contributed by atoms with Gasteiger partial charge in [0.1, 0.15) is 6.54 Å². The Kier molecular flexibility index (Phi) is 3.38. The van der Waals surface area contributed by atoms with Crippen molar-refractivity contribution in [3.05, 3.63) is 0 Å². The van der Waals surface area contributed by atoms with E-state index in [1.54, 1.807) is 6.92 Å². The average Bonchev–Trinajstić information content (AvgIpc) is 2.36. The summed E-state index contributed by atoms with van der Waals surface area (Å²) >= 11 is 0. The van der Waals surface area contributed by atoms with E-state index >= 15 is 0 Å². The number of esters is 1. The van der Waals surface area contributed by atoms with Crippen molar-refractivity contribution in [3.63, 3.8) is 0 Å². The summed E-state index contributed by atoms with van der Waals surface area (Å²) in [6, 6.07) is 0. The predicted octanol–water partition coefficient (Wildman–Crippen LogP) is -2.36. The lowest BCUT2D eigenvalue weighted by Crippen LogP contribution is -2.37. The normalized spacial score (nSPS) is 25.9. The number of rotatable bonds is 3. The fourth-order valence-electron chi connectivity index (χ4n) is 1.19. The highest BCUT2D eigenvalue weighted by Gasteiger charge is 2.46. The lowest BCUT2D eigenvalue weighted by molar-refractivity contribution is -0.153. The molecule has 1 fully saturated rings. The number of likely N-dealkylation sites (tertiary alicyclic amines) is 1. The molecule has 7 heteroatoms. The van der Waals surface area contributed by atoms with Crippen LogP contribution in [0.15, 0.2) is 0 Å². The molecule has 0 aromatic rings. The first-order chi connectivity index (χ1) is 6.99. The molecule has 0 radical (unpaired) electrons. The lowest BCUT2D eigenvalue weighted by Gasteiger charge is -2.11. The van der Waals surface area contributed by atoms with Gasteiger partial charge in [0, 0.05) is 0 Å². The zero-order valence-electron chi connectivity index (χ0n) is 8.04. The molecule has 2 N–H and O–H groups in total. The third kappa shape index (κ3) is 2.13. The van der Waals surface area contributed by atoms with Crippen LogP contribution < -0.4 is 0 Å². The Labute approximate surface area is 85.2 Å². The van der Waals surface area contributed by atoms with Gasteiger partial charge in [-0.2, -0.15) is 0 Å². The number of aliphatic hydroxyl groups excluding tert-OH is 2. The molecule has 0 aromatic heterocycles.